The second-order valence-electron chi connectivity index (χ2n) is 8.69. The summed E-state index contributed by atoms with van der Waals surface area (Å²) >= 11 is 12.4. The molecule has 0 radical (unpaired) electrons. The van der Waals surface area contributed by atoms with E-state index in [1.54, 1.807) is 10.7 Å². The molecule has 5 rings (SSSR count). The summed E-state index contributed by atoms with van der Waals surface area (Å²) in [6, 6.07) is 8.78. The van der Waals surface area contributed by atoms with E-state index in [9.17, 15) is 8.78 Å². The van der Waals surface area contributed by atoms with Gasteiger partial charge in [0.05, 0.1) is 23.4 Å². The Kier molecular flexibility index (Phi) is 6.45. The molecule has 34 heavy (non-hydrogen) atoms. The van der Waals surface area contributed by atoms with Crippen molar-refractivity contribution in [2.75, 3.05) is 44.2 Å². The van der Waals surface area contributed by atoms with Gasteiger partial charge in [0.25, 0.3) is 0 Å². The van der Waals surface area contributed by atoms with Gasteiger partial charge in [-0.05, 0) is 41.6 Å². The first-order valence-corrected chi connectivity index (χ1v) is 11.9. The number of hydrogen-bond acceptors (Lipinski definition) is 6. The van der Waals surface area contributed by atoms with E-state index in [1.165, 1.54) is 12.1 Å². The fourth-order valence-electron chi connectivity index (χ4n) is 4.62. The Morgan fingerprint density at radius 2 is 1.85 bits per heavy atom. The highest BCUT2D eigenvalue weighted by Crippen LogP contribution is 2.48. The van der Waals surface area contributed by atoms with Crippen molar-refractivity contribution in [3.63, 3.8) is 0 Å². The molecule has 2 fully saturated rings. The number of hydrogen-bond donors (Lipinski definition) is 0. The van der Waals surface area contributed by atoms with Crippen LogP contribution in [0.1, 0.15) is 24.4 Å². The molecular weight excluding hydrogens is 485 g/mol. The summed E-state index contributed by atoms with van der Waals surface area (Å²) in [4.78, 5) is 4.61. The molecule has 0 spiro atoms. The lowest BCUT2D eigenvalue weighted by molar-refractivity contribution is 0.206. The van der Waals surface area contributed by atoms with E-state index in [-0.39, 0.29) is 6.04 Å². The number of benzene rings is 2. The van der Waals surface area contributed by atoms with Gasteiger partial charge in [-0.1, -0.05) is 29.3 Å². The van der Waals surface area contributed by atoms with Gasteiger partial charge in [0.15, 0.2) is 5.82 Å². The second-order valence-corrected chi connectivity index (χ2v) is 9.54. The molecule has 2 aromatic carbocycles. The number of ether oxygens (including phenoxy) is 1. The first-order valence-electron chi connectivity index (χ1n) is 11.2. The standard InChI is InChI=1S/C23H24Cl2F2N6O/c1-15(23(14-34-23)18-4-3-17(26)13-20(18)27)33-22(28-29-30-33)6-7-31-8-10-32(11-9-31)21-5-2-16(24)12-19(21)25/h2-5,12-13,15H,6-11,14H2,1H3. The van der Waals surface area contributed by atoms with Crippen LogP contribution in [0.25, 0.3) is 0 Å². The van der Waals surface area contributed by atoms with E-state index in [0.29, 0.717) is 34.5 Å². The number of nitrogens with zero attached hydrogens (tertiary/aromatic N) is 6. The maximum Gasteiger partial charge on any atom is 0.153 e. The van der Waals surface area contributed by atoms with Gasteiger partial charge >= 0.3 is 0 Å². The molecule has 0 bridgehead atoms. The van der Waals surface area contributed by atoms with Crippen LogP contribution in [0, 0.1) is 11.6 Å². The van der Waals surface area contributed by atoms with E-state index in [4.69, 9.17) is 27.9 Å². The molecule has 3 heterocycles. The van der Waals surface area contributed by atoms with Crippen molar-refractivity contribution in [2.24, 2.45) is 0 Å². The van der Waals surface area contributed by atoms with Gasteiger partial charge in [-0.25, -0.2) is 13.5 Å². The van der Waals surface area contributed by atoms with Crippen LogP contribution in [0.4, 0.5) is 14.5 Å². The minimum absolute atomic E-state index is 0.319. The quantitative estimate of drug-likeness (QED) is 0.447. The number of halogens is 4. The molecule has 2 aliphatic rings. The Morgan fingerprint density at radius 1 is 1.09 bits per heavy atom. The molecule has 1 aromatic heterocycles. The van der Waals surface area contributed by atoms with E-state index in [2.05, 4.69) is 25.3 Å². The summed E-state index contributed by atoms with van der Waals surface area (Å²) < 4.78 is 35.3. The summed E-state index contributed by atoms with van der Waals surface area (Å²) in [7, 11) is 0. The highest BCUT2D eigenvalue weighted by molar-refractivity contribution is 6.36. The molecule has 11 heteroatoms. The maximum absolute atomic E-state index is 14.5. The number of epoxide rings is 1. The highest BCUT2D eigenvalue weighted by Gasteiger charge is 2.54. The SMILES string of the molecule is CC(n1nnnc1CCN1CCN(c2ccc(Cl)cc2Cl)CC1)C1(c2ccc(F)cc2F)CO1. The average Bonchev–Trinajstić information content (AvgIpc) is 3.48. The van der Waals surface area contributed by atoms with Crippen LogP contribution in [-0.4, -0.2) is 64.4 Å². The van der Waals surface area contributed by atoms with Crippen molar-refractivity contribution < 1.29 is 13.5 Å². The molecule has 0 N–H and O–H groups in total. The van der Waals surface area contributed by atoms with Crippen molar-refractivity contribution in [3.05, 3.63) is 69.5 Å². The van der Waals surface area contributed by atoms with Crippen molar-refractivity contribution in [2.45, 2.75) is 25.0 Å². The van der Waals surface area contributed by atoms with E-state index < -0.39 is 17.2 Å². The van der Waals surface area contributed by atoms with Crippen molar-refractivity contribution in [1.82, 2.24) is 25.1 Å². The highest BCUT2D eigenvalue weighted by atomic mass is 35.5. The predicted octanol–water partition coefficient (Wildman–Crippen LogP) is 4.11. The molecule has 2 unspecified atom stereocenters. The molecule has 0 saturated carbocycles. The summed E-state index contributed by atoms with van der Waals surface area (Å²) in [5, 5.41) is 13.5. The number of aromatic nitrogens is 4. The van der Waals surface area contributed by atoms with Gasteiger partial charge in [-0.15, -0.1) is 5.10 Å². The lowest BCUT2D eigenvalue weighted by Gasteiger charge is -2.36. The third-order valence-electron chi connectivity index (χ3n) is 6.72. The predicted molar refractivity (Wildman–Crippen MR) is 125 cm³/mol. The summed E-state index contributed by atoms with van der Waals surface area (Å²) in [6.45, 7) is 6.46. The Labute approximate surface area is 206 Å². The first-order chi connectivity index (χ1) is 16.4. The van der Waals surface area contributed by atoms with Crippen molar-refractivity contribution in [1.29, 1.82) is 0 Å². The van der Waals surface area contributed by atoms with Crippen molar-refractivity contribution in [3.8, 4) is 0 Å². The summed E-state index contributed by atoms with van der Waals surface area (Å²) in [5.41, 5.74) is 0.414. The normalized spacial score (nSPS) is 21.6. The Hall–Kier alpha value is -2.33. The monoisotopic (exact) mass is 508 g/mol. The third-order valence-corrected chi connectivity index (χ3v) is 7.26. The lowest BCUT2D eigenvalue weighted by atomic mass is 9.92. The van der Waals surface area contributed by atoms with Gasteiger partial charge in [0.2, 0.25) is 0 Å². The Balaban J connectivity index is 1.21. The van der Waals surface area contributed by atoms with Gasteiger partial charge in [-0.2, -0.15) is 0 Å². The van der Waals surface area contributed by atoms with Gasteiger partial charge < -0.3 is 9.64 Å². The van der Waals surface area contributed by atoms with E-state index in [1.807, 2.05) is 19.1 Å². The molecule has 180 valence electrons. The zero-order valence-electron chi connectivity index (χ0n) is 18.6. The number of piperazine rings is 1. The number of anilines is 1. The zero-order valence-corrected chi connectivity index (χ0v) is 20.1. The minimum atomic E-state index is -0.897. The van der Waals surface area contributed by atoms with Gasteiger partial charge in [0.1, 0.15) is 17.2 Å². The second kappa shape index (κ2) is 9.37. The van der Waals surface area contributed by atoms with Gasteiger partial charge in [0, 0.05) is 55.8 Å². The van der Waals surface area contributed by atoms with Gasteiger partial charge in [-0.3, -0.25) is 4.90 Å². The lowest BCUT2D eigenvalue weighted by Crippen LogP contribution is -2.47. The first kappa shape index (κ1) is 23.4. The van der Waals surface area contributed by atoms with Crippen LogP contribution in [0.5, 0.6) is 0 Å². The molecule has 3 aromatic rings. The molecule has 2 saturated heterocycles. The smallest absolute Gasteiger partial charge is 0.153 e. The third kappa shape index (κ3) is 4.49. The number of tetrazole rings is 1. The van der Waals surface area contributed by atoms with Crippen LogP contribution >= 0.6 is 23.2 Å². The number of rotatable bonds is 7. The largest absolute Gasteiger partial charge is 0.368 e. The van der Waals surface area contributed by atoms with Crippen LogP contribution in [0.15, 0.2) is 36.4 Å². The van der Waals surface area contributed by atoms with E-state index >= 15 is 0 Å². The fourth-order valence-corrected chi connectivity index (χ4v) is 5.14. The topological polar surface area (TPSA) is 62.6 Å². The van der Waals surface area contributed by atoms with Crippen LogP contribution in [-0.2, 0) is 16.8 Å². The summed E-state index contributed by atoms with van der Waals surface area (Å²) in [5.74, 6) is -0.544. The van der Waals surface area contributed by atoms with Crippen LogP contribution in [0.2, 0.25) is 10.0 Å². The van der Waals surface area contributed by atoms with E-state index in [0.717, 1.165) is 44.5 Å². The Morgan fingerprint density at radius 3 is 2.53 bits per heavy atom. The maximum atomic E-state index is 14.5. The average molecular weight is 509 g/mol. The minimum Gasteiger partial charge on any atom is -0.368 e. The molecule has 2 aliphatic heterocycles. The molecule has 7 nitrogen and oxygen atoms in total. The molecule has 2 atom stereocenters. The molecule has 0 aliphatic carbocycles. The summed E-state index contributed by atoms with van der Waals surface area (Å²) in [6.07, 6.45) is 0.640. The molecule has 0 amide bonds. The van der Waals surface area contributed by atoms with Crippen LogP contribution < -0.4 is 4.90 Å². The fraction of sp³-hybridized carbons (Fsp3) is 0.435. The Bertz CT molecular complexity index is 1180. The zero-order chi connectivity index (χ0) is 23.9. The van der Waals surface area contributed by atoms with Crippen molar-refractivity contribution >= 4 is 28.9 Å². The molecular formula is C23H24Cl2F2N6O. The van der Waals surface area contributed by atoms with Crippen LogP contribution in [0.3, 0.4) is 0 Å².